The zero-order valence-electron chi connectivity index (χ0n) is 19.5. The largest absolute Gasteiger partial charge is 0.466 e. The monoisotopic (exact) mass is 460 g/mol. The summed E-state index contributed by atoms with van der Waals surface area (Å²) in [6.07, 6.45) is 0.551. The van der Waals surface area contributed by atoms with Crippen LogP contribution in [0.4, 0.5) is 0 Å². The van der Waals surface area contributed by atoms with E-state index in [4.69, 9.17) is 9.57 Å². The lowest BCUT2D eigenvalue weighted by Crippen LogP contribution is -2.43. The Balaban J connectivity index is 1.46. The molecule has 0 bridgehead atoms. The van der Waals surface area contributed by atoms with E-state index in [1.165, 1.54) is 7.11 Å². The van der Waals surface area contributed by atoms with E-state index in [1.54, 1.807) is 10.7 Å². The summed E-state index contributed by atoms with van der Waals surface area (Å²) < 4.78 is 6.71. The minimum absolute atomic E-state index is 0.00298. The highest BCUT2D eigenvalue weighted by molar-refractivity contribution is 5.99. The predicted molar refractivity (Wildman–Crippen MR) is 128 cm³/mol. The molecule has 3 aromatic rings. The Morgan fingerprint density at radius 1 is 1.12 bits per heavy atom. The Morgan fingerprint density at radius 3 is 2.44 bits per heavy atom. The van der Waals surface area contributed by atoms with Gasteiger partial charge < -0.3 is 14.9 Å². The second-order valence-corrected chi connectivity index (χ2v) is 8.58. The minimum Gasteiger partial charge on any atom is -0.466 e. The Morgan fingerprint density at radius 2 is 1.79 bits per heavy atom. The van der Waals surface area contributed by atoms with Crippen molar-refractivity contribution in [2.45, 2.75) is 38.3 Å². The standard InChI is InChI=1S/C26H28N4O4/c1-18(2)30-23(14-22(28-30)20-12-8-5-9-13-20)24(31)27-17-21-16-26(34-29-21,25(32)33-3)15-19-10-6-4-7-11-19/h4-14,18H,15-17H2,1-3H3,(H,27,31). The molecule has 34 heavy (non-hydrogen) atoms. The Labute approximate surface area is 198 Å². The van der Waals surface area contributed by atoms with Crippen LogP contribution in [0.2, 0.25) is 0 Å². The molecular formula is C26H28N4O4. The number of amides is 1. The Kier molecular flexibility index (Phi) is 6.77. The van der Waals surface area contributed by atoms with Gasteiger partial charge in [-0.1, -0.05) is 65.8 Å². The van der Waals surface area contributed by atoms with E-state index < -0.39 is 11.6 Å². The third kappa shape index (κ3) is 4.85. The molecule has 1 aliphatic rings. The molecule has 1 N–H and O–H groups in total. The van der Waals surface area contributed by atoms with Crippen LogP contribution in [-0.4, -0.2) is 46.6 Å². The average molecular weight is 461 g/mol. The van der Waals surface area contributed by atoms with Crippen molar-refractivity contribution in [1.29, 1.82) is 0 Å². The van der Waals surface area contributed by atoms with Gasteiger partial charge in [0.1, 0.15) is 5.69 Å². The van der Waals surface area contributed by atoms with Crippen molar-refractivity contribution in [3.63, 3.8) is 0 Å². The lowest BCUT2D eigenvalue weighted by molar-refractivity contribution is -0.166. The maximum atomic E-state index is 13.1. The van der Waals surface area contributed by atoms with Gasteiger partial charge in [0.05, 0.1) is 25.1 Å². The number of carbonyl (C=O) groups is 2. The fourth-order valence-corrected chi connectivity index (χ4v) is 4.01. The molecule has 1 unspecified atom stereocenters. The molecule has 1 aromatic heterocycles. The van der Waals surface area contributed by atoms with E-state index in [9.17, 15) is 9.59 Å². The fraction of sp³-hybridized carbons (Fsp3) is 0.308. The summed E-state index contributed by atoms with van der Waals surface area (Å²) >= 11 is 0. The van der Waals surface area contributed by atoms with Crippen molar-refractivity contribution in [3.05, 3.63) is 78.0 Å². The van der Waals surface area contributed by atoms with Crippen LogP contribution < -0.4 is 5.32 Å². The Bertz CT molecular complexity index is 1190. The predicted octanol–water partition coefficient (Wildman–Crippen LogP) is 3.79. The minimum atomic E-state index is -1.24. The molecule has 0 saturated carbocycles. The zero-order chi connectivity index (χ0) is 24.1. The zero-order valence-corrected chi connectivity index (χ0v) is 19.5. The number of hydrogen-bond acceptors (Lipinski definition) is 6. The molecule has 0 spiro atoms. The number of ether oxygens (including phenoxy) is 1. The first kappa shape index (κ1) is 23.2. The SMILES string of the molecule is COC(=O)C1(Cc2ccccc2)CC(CNC(=O)c2cc(-c3ccccc3)nn2C(C)C)=NO1. The second kappa shape index (κ2) is 9.91. The topological polar surface area (TPSA) is 94.8 Å². The van der Waals surface area contributed by atoms with Crippen molar-refractivity contribution in [3.8, 4) is 11.3 Å². The average Bonchev–Trinajstić information content (AvgIpc) is 3.49. The van der Waals surface area contributed by atoms with E-state index >= 15 is 0 Å². The number of benzene rings is 2. The van der Waals surface area contributed by atoms with Gasteiger partial charge in [-0.05, 0) is 25.5 Å². The van der Waals surface area contributed by atoms with Gasteiger partial charge in [0.25, 0.3) is 5.91 Å². The quantitative estimate of drug-likeness (QED) is 0.516. The molecule has 8 nitrogen and oxygen atoms in total. The van der Waals surface area contributed by atoms with Gasteiger partial charge in [0, 0.05) is 24.4 Å². The molecule has 1 amide bonds. The van der Waals surface area contributed by atoms with Crippen LogP contribution >= 0.6 is 0 Å². The first-order chi connectivity index (χ1) is 16.4. The van der Waals surface area contributed by atoms with E-state index in [-0.39, 0.29) is 24.9 Å². The van der Waals surface area contributed by atoms with Gasteiger partial charge in [-0.25, -0.2) is 4.79 Å². The smallest absolute Gasteiger partial charge is 0.353 e. The summed E-state index contributed by atoms with van der Waals surface area (Å²) in [5.41, 5.74) is 2.38. The number of hydrogen-bond donors (Lipinski definition) is 1. The van der Waals surface area contributed by atoms with Gasteiger partial charge in [0.2, 0.25) is 5.60 Å². The van der Waals surface area contributed by atoms with Crippen LogP contribution in [0.25, 0.3) is 11.3 Å². The van der Waals surface area contributed by atoms with Crippen LogP contribution in [0.3, 0.4) is 0 Å². The number of nitrogens with one attached hydrogen (secondary N) is 1. The third-order valence-corrected chi connectivity index (χ3v) is 5.71. The number of aromatic nitrogens is 2. The number of oxime groups is 1. The van der Waals surface area contributed by atoms with E-state index in [0.717, 1.165) is 16.8 Å². The summed E-state index contributed by atoms with van der Waals surface area (Å²) in [4.78, 5) is 31.3. The summed E-state index contributed by atoms with van der Waals surface area (Å²) in [5, 5.41) is 11.6. The number of carbonyl (C=O) groups excluding carboxylic acids is 2. The molecule has 0 radical (unpaired) electrons. The van der Waals surface area contributed by atoms with Crippen molar-refractivity contribution >= 4 is 17.6 Å². The summed E-state index contributed by atoms with van der Waals surface area (Å²) in [5.74, 6) is -0.767. The normalized spacial score (nSPS) is 17.2. The number of rotatable bonds is 8. The lowest BCUT2D eigenvalue weighted by atomic mass is 9.89. The molecule has 2 heterocycles. The van der Waals surface area contributed by atoms with Gasteiger partial charge in [-0.2, -0.15) is 5.10 Å². The summed E-state index contributed by atoms with van der Waals surface area (Å²) in [6.45, 7) is 4.10. The Hall–Kier alpha value is -3.94. The van der Waals surface area contributed by atoms with E-state index in [2.05, 4.69) is 15.6 Å². The fourth-order valence-electron chi connectivity index (χ4n) is 4.01. The van der Waals surface area contributed by atoms with E-state index in [1.807, 2.05) is 74.5 Å². The van der Waals surface area contributed by atoms with Crippen LogP contribution in [0, 0.1) is 0 Å². The van der Waals surface area contributed by atoms with Crippen LogP contribution in [0.5, 0.6) is 0 Å². The van der Waals surface area contributed by atoms with Crippen LogP contribution in [0.15, 0.2) is 71.9 Å². The maximum Gasteiger partial charge on any atom is 0.353 e. The molecule has 4 rings (SSSR count). The maximum absolute atomic E-state index is 13.1. The highest BCUT2D eigenvalue weighted by Crippen LogP contribution is 2.30. The van der Waals surface area contributed by atoms with Gasteiger partial charge in [-0.3, -0.25) is 9.48 Å². The molecule has 0 fully saturated rings. The van der Waals surface area contributed by atoms with Crippen LogP contribution in [-0.2, 0) is 20.8 Å². The molecule has 176 valence electrons. The van der Waals surface area contributed by atoms with Crippen molar-refractivity contribution in [1.82, 2.24) is 15.1 Å². The molecular weight excluding hydrogens is 432 g/mol. The van der Waals surface area contributed by atoms with Gasteiger partial charge in [-0.15, -0.1) is 0 Å². The molecule has 0 saturated heterocycles. The highest BCUT2D eigenvalue weighted by atomic mass is 16.7. The van der Waals surface area contributed by atoms with Crippen molar-refractivity contribution in [2.24, 2.45) is 5.16 Å². The number of nitrogens with zero attached hydrogens (tertiary/aromatic N) is 3. The van der Waals surface area contributed by atoms with Crippen molar-refractivity contribution in [2.75, 3.05) is 13.7 Å². The van der Waals surface area contributed by atoms with Gasteiger partial charge >= 0.3 is 5.97 Å². The highest BCUT2D eigenvalue weighted by Gasteiger charge is 2.47. The first-order valence-electron chi connectivity index (χ1n) is 11.2. The second-order valence-electron chi connectivity index (χ2n) is 8.58. The molecule has 2 aromatic carbocycles. The van der Waals surface area contributed by atoms with Gasteiger partial charge in [0.15, 0.2) is 0 Å². The molecule has 1 aliphatic heterocycles. The molecule has 1 atom stereocenters. The van der Waals surface area contributed by atoms with E-state index in [0.29, 0.717) is 17.8 Å². The lowest BCUT2D eigenvalue weighted by Gasteiger charge is -2.23. The van der Waals surface area contributed by atoms with Crippen molar-refractivity contribution < 1.29 is 19.2 Å². The number of methoxy groups -OCH3 is 1. The van der Waals surface area contributed by atoms with Crippen LogP contribution in [0.1, 0.15) is 42.4 Å². The number of esters is 1. The first-order valence-corrected chi connectivity index (χ1v) is 11.2. The third-order valence-electron chi connectivity index (χ3n) is 5.71. The molecule has 8 heteroatoms. The summed E-state index contributed by atoms with van der Waals surface area (Å²) in [7, 11) is 1.33. The molecule has 0 aliphatic carbocycles. The summed E-state index contributed by atoms with van der Waals surface area (Å²) in [6, 6.07) is 21.1.